The number of nitrogens with zero attached hydrogens (tertiary/aromatic N) is 1. The minimum atomic E-state index is -0.685. The molecule has 0 radical (unpaired) electrons. The van der Waals surface area contributed by atoms with Gasteiger partial charge in [-0.1, -0.05) is 12.1 Å². The molecular weight excluding hydrogens is 412 g/mol. The van der Waals surface area contributed by atoms with Crippen LogP contribution in [0.1, 0.15) is 26.3 Å². The minimum Gasteiger partial charge on any atom is -0.497 e. The highest BCUT2D eigenvalue weighted by molar-refractivity contribution is 5.88. The maximum Gasteiger partial charge on any atom is 0.261 e. The van der Waals surface area contributed by atoms with E-state index in [9.17, 15) is 9.59 Å². The van der Waals surface area contributed by atoms with E-state index in [4.69, 9.17) is 18.9 Å². The molecule has 0 aromatic heterocycles. The van der Waals surface area contributed by atoms with Gasteiger partial charge in [0.2, 0.25) is 5.91 Å². The van der Waals surface area contributed by atoms with Gasteiger partial charge in [-0.2, -0.15) is 0 Å². The molecular formula is C24H32N2O6. The van der Waals surface area contributed by atoms with Gasteiger partial charge in [0.1, 0.15) is 29.0 Å². The van der Waals surface area contributed by atoms with Crippen molar-refractivity contribution in [1.29, 1.82) is 0 Å². The smallest absolute Gasteiger partial charge is 0.261 e. The second kappa shape index (κ2) is 11.8. The van der Waals surface area contributed by atoms with Gasteiger partial charge in [-0.05, 0) is 38.5 Å². The second-order valence-electron chi connectivity index (χ2n) is 7.55. The van der Waals surface area contributed by atoms with Crippen molar-refractivity contribution in [2.24, 2.45) is 0 Å². The molecule has 0 heterocycles. The largest absolute Gasteiger partial charge is 0.497 e. The molecule has 0 aliphatic carbocycles. The van der Waals surface area contributed by atoms with Crippen LogP contribution in [0.5, 0.6) is 23.0 Å². The van der Waals surface area contributed by atoms with E-state index in [2.05, 4.69) is 5.32 Å². The summed E-state index contributed by atoms with van der Waals surface area (Å²) in [6.07, 6.45) is 0. The molecule has 174 valence electrons. The normalized spacial score (nSPS) is 11.5. The van der Waals surface area contributed by atoms with Gasteiger partial charge in [0, 0.05) is 30.8 Å². The van der Waals surface area contributed by atoms with E-state index in [1.165, 1.54) is 19.1 Å². The maximum absolute atomic E-state index is 13.1. The molecule has 0 aliphatic heterocycles. The van der Waals surface area contributed by atoms with Crippen molar-refractivity contribution in [1.82, 2.24) is 10.2 Å². The SMILES string of the molecule is COc1ccc(CN(C(=O)COc2cc(OC)cc(OC)c2)C(C)C(=O)NC(C)C)cc1. The van der Waals surface area contributed by atoms with Crippen LogP contribution >= 0.6 is 0 Å². The summed E-state index contributed by atoms with van der Waals surface area (Å²) in [5.74, 6) is 1.68. The number of carbonyl (C=O) groups is 2. The lowest BCUT2D eigenvalue weighted by Crippen LogP contribution is -2.50. The fourth-order valence-corrected chi connectivity index (χ4v) is 3.01. The molecule has 2 rings (SSSR count). The van der Waals surface area contributed by atoms with Crippen LogP contribution in [-0.2, 0) is 16.1 Å². The number of hydrogen-bond acceptors (Lipinski definition) is 6. The Morgan fingerprint density at radius 1 is 0.844 bits per heavy atom. The molecule has 1 atom stereocenters. The predicted octanol–water partition coefficient (Wildman–Crippen LogP) is 3.03. The van der Waals surface area contributed by atoms with E-state index in [-0.39, 0.29) is 31.0 Å². The third-order valence-corrected chi connectivity index (χ3v) is 4.80. The Balaban J connectivity index is 2.19. The summed E-state index contributed by atoms with van der Waals surface area (Å²) < 4.78 is 21.4. The minimum absolute atomic E-state index is 0.0385. The number of hydrogen-bond donors (Lipinski definition) is 1. The summed E-state index contributed by atoms with van der Waals surface area (Å²) in [7, 11) is 4.67. The zero-order valence-electron chi connectivity index (χ0n) is 19.5. The zero-order valence-corrected chi connectivity index (χ0v) is 19.5. The molecule has 2 aromatic rings. The number of carbonyl (C=O) groups excluding carboxylic acids is 2. The van der Waals surface area contributed by atoms with Crippen molar-refractivity contribution < 1.29 is 28.5 Å². The summed E-state index contributed by atoms with van der Waals surface area (Å²) in [5.41, 5.74) is 0.867. The molecule has 0 aliphatic rings. The van der Waals surface area contributed by atoms with E-state index >= 15 is 0 Å². The molecule has 32 heavy (non-hydrogen) atoms. The summed E-state index contributed by atoms with van der Waals surface area (Å²) in [6, 6.07) is 11.7. The predicted molar refractivity (Wildman–Crippen MR) is 121 cm³/mol. The van der Waals surface area contributed by atoms with Crippen molar-refractivity contribution in [3.05, 3.63) is 48.0 Å². The number of amides is 2. The van der Waals surface area contributed by atoms with Gasteiger partial charge in [-0.25, -0.2) is 0 Å². The Morgan fingerprint density at radius 2 is 1.38 bits per heavy atom. The van der Waals surface area contributed by atoms with Crippen LogP contribution in [0.4, 0.5) is 0 Å². The van der Waals surface area contributed by atoms with Gasteiger partial charge in [0.15, 0.2) is 6.61 Å². The fourth-order valence-electron chi connectivity index (χ4n) is 3.01. The van der Waals surface area contributed by atoms with Crippen LogP contribution in [0.2, 0.25) is 0 Å². The molecule has 2 aromatic carbocycles. The lowest BCUT2D eigenvalue weighted by molar-refractivity contribution is -0.142. The number of methoxy groups -OCH3 is 3. The van der Waals surface area contributed by atoms with E-state index in [0.717, 1.165) is 5.56 Å². The first kappa shape index (κ1) is 24.8. The summed E-state index contributed by atoms with van der Waals surface area (Å²) in [4.78, 5) is 27.2. The van der Waals surface area contributed by atoms with Gasteiger partial charge in [-0.3, -0.25) is 9.59 Å². The van der Waals surface area contributed by atoms with Gasteiger partial charge >= 0.3 is 0 Å². The molecule has 2 amide bonds. The average Bonchev–Trinajstić information content (AvgIpc) is 2.80. The Hall–Kier alpha value is -3.42. The molecule has 0 fully saturated rings. The van der Waals surface area contributed by atoms with E-state index in [0.29, 0.717) is 23.0 Å². The average molecular weight is 445 g/mol. The quantitative estimate of drug-likeness (QED) is 0.573. The summed E-state index contributed by atoms with van der Waals surface area (Å²) >= 11 is 0. The highest BCUT2D eigenvalue weighted by Crippen LogP contribution is 2.27. The highest BCUT2D eigenvalue weighted by atomic mass is 16.5. The van der Waals surface area contributed by atoms with Crippen molar-refractivity contribution in [3.63, 3.8) is 0 Å². The monoisotopic (exact) mass is 444 g/mol. The molecule has 8 nitrogen and oxygen atoms in total. The number of ether oxygens (including phenoxy) is 4. The molecule has 1 N–H and O–H groups in total. The third kappa shape index (κ3) is 7.08. The van der Waals surface area contributed by atoms with Gasteiger partial charge < -0.3 is 29.2 Å². The van der Waals surface area contributed by atoms with Gasteiger partial charge in [-0.15, -0.1) is 0 Å². The van der Waals surface area contributed by atoms with Crippen LogP contribution in [0.3, 0.4) is 0 Å². The first-order valence-corrected chi connectivity index (χ1v) is 10.4. The molecule has 0 bridgehead atoms. The van der Waals surface area contributed by atoms with Gasteiger partial charge in [0.05, 0.1) is 21.3 Å². The van der Waals surface area contributed by atoms with Crippen LogP contribution in [0.15, 0.2) is 42.5 Å². The Morgan fingerprint density at radius 3 is 1.88 bits per heavy atom. The van der Waals surface area contributed by atoms with Crippen LogP contribution in [0.25, 0.3) is 0 Å². The van der Waals surface area contributed by atoms with Crippen molar-refractivity contribution in [2.45, 2.75) is 39.4 Å². The number of nitrogens with one attached hydrogen (secondary N) is 1. The van der Waals surface area contributed by atoms with E-state index in [1.54, 1.807) is 32.2 Å². The first-order valence-electron chi connectivity index (χ1n) is 10.4. The number of benzene rings is 2. The highest BCUT2D eigenvalue weighted by Gasteiger charge is 2.27. The maximum atomic E-state index is 13.1. The summed E-state index contributed by atoms with van der Waals surface area (Å²) in [5, 5.41) is 2.86. The van der Waals surface area contributed by atoms with Gasteiger partial charge in [0.25, 0.3) is 5.91 Å². The zero-order chi connectivity index (χ0) is 23.7. The van der Waals surface area contributed by atoms with Crippen LogP contribution < -0.4 is 24.3 Å². The Labute approximate surface area is 189 Å². The standard InChI is InChI=1S/C24H32N2O6/c1-16(2)25-24(28)17(3)26(14-18-7-9-19(29-4)10-8-18)23(27)15-32-22-12-20(30-5)11-21(13-22)31-6/h7-13,16-17H,14-15H2,1-6H3,(H,25,28). The lowest BCUT2D eigenvalue weighted by atomic mass is 10.1. The van der Waals surface area contributed by atoms with E-state index < -0.39 is 6.04 Å². The Kier molecular flexibility index (Phi) is 9.19. The van der Waals surface area contributed by atoms with Crippen molar-refractivity contribution >= 4 is 11.8 Å². The lowest BCUT2D eigenvalue weighted by Gasteiger charge is -2.29. The molecule has 8 heteroatoms. The summed E-state index contributed by atoms with van der Waals surface area (Å²) in [6.45, 7) is 5.46. The first-order chi connectivity index (χ1) is 15.3. The molecule has 0 saturated heterocycles. The molecule has 0 saturated carbocycles. The third-order valence-electron chi connectivity index (χ3n) is 4.80. The topological polar surface area (TPSA) is 86.3 Å². The van der Waals surface area contributed by atoms with Crippen molar-refractivity contribution in [3.8, 4) is 23.0 Å². The van der Waals surface area contributed by atoms with Crippen LogP contribution in [0, 0.1) is 0 Å². The van der Waals surface area contributed by atoms with E-state index in [1.807, 2.05) is 38.1 Å². The molecule has 1 unspecified atom stereocenters. The van der Waals surface area contributed by atoms with Crippen molar-refractivity contribution in [2.75, 3.05) is 27.9 Å². The van der Waals surface area contributed by atoms with Crippen LogP contribution in [-0.4, -0.2) is 56.7 Å². The second-order valence-corrected chi connectivity index (χ2v) is 7.55. The number of rotatable bonds is 11. The Bertz CT molecular complexity index is 876. The molecule has 0 spiro atoms. The fraction of sp³-hybridized carbons (Fsp3) is 0.417.